The second-order valence-electron chi connectivity index (χ2n) is 9.91. The summed E-state index contributed by atoms with van der Waals surface area (Å²) in [6, 6.07) is 14.0. The Bertz CT molecular complexity index is 901. The maximum absolute atomic E-state index is 2.71. The van der Waals surface area contributed by atoms with Crippen LogP contribution in [-0.2, 0) is 0 Å². The number of rotatable bonds is 7. The third-order valence-corrected chi connectivity index (χ3v) is 6.40. The van der Waals surface area contributed by atoms with E-state index >= 15 is 0 Å². The topological polar surface area (TPSA) is 6.25 Å². The van der Waals surface area contributed by atoms with Crippen LogP contribution in [0.25, 0.3) is 0 Å². The Kier molecular flexibility index (Phi) is 7.34. The van der Waals surface area contributed by atoms with Crippen molar-refractivity contribution in [2.75, 3.05) is 18.0 Å². The molecule has 0 fully saturated rings. The highest BCUT2D eigenvalue weighted by Crippen LogP contribution is 2.40. The van der Waals surface area contributed by atoms with Gasteiger partial charge < -0.3 is 0 Å². The third-order valence-electron chi connectivity index (χ3n) is 6.40. The fourth-order valence-electron chi connectivity index (χ4n) is 4.73. The molecule has 0 aromatic heterocycles. The zero-order valence-electron chi connectivity index (χ0n) is 20.3. The lowest BCUT2D eigenvalue weighted by molar-refractivity contribution is -0.430. The van der Waals surface area contributed by atoms with E-state index in [1.54, 1.807) is 5.84 Å². The lowest BCUT2D eigenvalue weighted by Gasteiger charge is -2.24. The van der Waals surface area contributed by atoms with Crippen LogP contribution in [0, 0.1) is 0 Å². The lowest BCUT2D eigenvalue weighted by Crippen LogP contribution is -2.31. The van der Waals surface area contributed by atoms with Crippen LogP contribution in [0.2, 0.25) is 6.32 Å². The van der Waals surface area contributed by atoms with Crippen LogP contribution < -0.4 is 4.90 Å². The summed E-state index contributed by atoms with van der Waals surface area (Å²) in [7, 11) is 0.243. The molecule has 0 radical (unpaired) electrons. The second kappa shape index (κ2) is 9.63. The van der Waals surface area contributed by atoms with Crippen molar-refractivity contribution < 1.29 is 4.58 Å². The normalized spacial score (nSPS) is 14.8. The monoisotopic (exact) mass is 418 g/mol. The smallest absolute Gasteiger partial charge is 0.221 e. The van der Waals surface area contributed by atoms with Gasteiger partial charge in [0.05, 0.1) is 0 Å². The summed E-state index contributed by atoms with van der Waals surface area (Å²) in [5.41, 5.74) is 9.00. The van der Waals surface area contributed by atoms with Crippen molar-refractivity contribution in [1.82, 2.24) is 0 Å². The maximum Gasteiger partial charge on any atom is 0.221 e. The number of nitrogens with zero attached hydrogens (tertiary/aromatic N) is 2. The fourth-order valence-corrected chi connectivity index (χ4v) is 4.73. The van der Waals surface area contributed by atoms with Gasteiger partial charge in [0, 0.05) is 22.3 Å². The summed E-state index contributed by atoms with van der Waals surface area (Å²) in [4.78, 5) is 2.71. The van der Waals surface area contributed by atoms with Crippen LogP contribution in [0.15, 0.2) is 36.4 Å². The Balaban J connectivity index is 2.28. The molecule has 1 aliphatic rings. The van der Waals surface area contributed by atoms with Crippen molar-refractivity contribution in [3.05, 3.63) is 58.7 Å². The van der Waals surface area contributed by atoms with E-state index in [9.17, 15) is 0 Å². The molecule has 0 atom stereocenters. The molecule has 2 nitrogen and oxygen atoms in total. The van der Waals surface area contributed by atoms with Crippen molar-refractivity contribution in [3.63, 3.8) is 0 Å². The third kappa shape index (κ3) is 4.47. The molecule has 0 unspecified atom stereocenters. The minimum atomic E-state index is 0.243. The van der Waals surface area contributed by atoms with Crippen molar-refractivity contribution in [1.29, 1.82) is 0 Å². The van der Waals surface area contributed by atoms with E-state index in [4.69, 9.17) is 0 Å². The summed E-state index contributed by atoms with van der Waals surface area (Å²) in [6.07, 6.45) is 1.29. The van der Waals surface area contributed by atoms with Crippen LogP contribution >= 0.6 is 0 Å². The number of anilines is 1. The largest absolute Gasteiger partial charge is 0.229 e. The van der Waals surface area contributed by atoms with Gasteiger partial charge in [-0.1, -0.05) is 98.1 Å². The van der Waals surface area contributed by atoms with Crippen LogP contribution in [0.3, 0.4) is 0 Å². The first kappa shape index (κ1) is 23.6. The van der Waals surface area contributed by atoms with Crippen LogP contribution in [-0.4, -0.2) is 31.3 Å². The summed E-state index contributed by atoms with van der Waals surface area (Å²) in [5, 5.41) is 0. The standard InChI is InChI=1S/C28H43BN2/c1-18(2)22-11-9-12-23(19(3)4)27(22)30-15-16-31(26(30)17-29)28-24(20(5)6)13-10-14-25(28)21(7)8/h9-14,18-21H,15-17H2,1-8,29H3. The summed E-state index contributed by atoms with van der Waals surface area (Å²) < 4.78 is 2.71. The van der Waals surface area contributed by atoms with Gasteiger partial charge in [-0.3, -0.25) is 0 Å². The van der Waals surface area contributed by atoms with Gasteiger partial charge in [-0.25, -0.2) is 9.48 Å². The highest BCUT2D eigenvalue weighted by molar-refractivity contribution is 6.23. The van der Waals surface area contributed by atoms with Crippen LogP contribution in [0.1, 0.15) is 101 Å². The molecule has 0 aliphatic carbocycles. The zero-order chi connectivity index (χ0) is 22.9. The first-order valence-corrected chi connectivity index (χ1v) is 11.6. The van der Waals surface area contributed by atoms with Gasteiger partial charge in [-0.2, -0.15) is 0 Å². The van der Waals surface area contributed by atoms with Crippen molar-refractivity contribution in [2.45, 2.75) is 85.4 Å². The molecule has 0 bridgehead atoms. The molecule has 2 aromatic rings. The highest BCUT2D eigenvalue weighted by atomic mass is 15.3. The first-order chi connectivity index (χ1) is 14.7. The number of para-hydroxylation sites is 2. The Hall–Kier alpha value is -2.03. The quantitative estimate of drug-likeness (QED) is 0.366. The molecule has 168 valence electrons. The predicted octanol–water partition coefficient (Wildman–Crippen LogP) is 6.53. The molecule has 0 N–H and O–H groups in total. The predicted molar refractivity (Wildman–Crippen MR) is 141 cm³/mol. The molecule has 0 amide bonds. The Morgan fingerprint density at radius 2 is 1.16 bits per heavy atom. The van der Waals surface area contributed by atoms with E-state index in [2.05, 4.69) is 101 Å². The average molecular weight is 418 g/mol. The molecule has 0 saturated heterocycles. The minimum absolute atomic E-state index is 0.243. The van der Waals surface area contributed by atoms with Gasteiger partial charge >= 0.3 is 0 Å². The summed E-state index contributed by atoms with van der Waals surface area (Å²) in [5.74, 6) is 3.68. The molecule has 0 spiro atoms. The average Bonchev–Trinajstić information content (AvgIpc) is 3.15. The van der Waals surface area contributed by atoms with E-state index in [0.717, 1.165) is 13.1 Å². The van der Waals surface area contributed by atoms with Gasteiger partial charge in [0.25, 0.3) is 0 Å². The van der Waals surface area contributed by atoms with Crippen molar-refractivity contribution >= 4 is 25.1 Å². The van der Waals surface area contributed by atoms with Gasteiger partial charge in [0.2, 0.25) is 5.84 Å². The molecule has 3 heteroatoms. The van der Waals surface area contributed by atoms with E-state index in [0.29, 0.717) is 23.7 Å². The van der Waals surface area contributed by atoms with Crippen molar-refractivity contribution in [3.8, 4) is 0 Å². The van der Waals surface area contributed by atoms with E-state index in [1.165, 1.54) is 39.9 Å². The number of amidine groups is 1. The molecular weight excluding hydrogens is 375 g/mol. The molecule has 2 aromatic carbocycles. The maximum atomic E-state index is 2.71. The summed E-state index contributed by atoms with van der Waals surface area (Å²) >= 11 is 0. The Morgan fingerprint density at radius 1 is 0.742 bits per heavy atom. The van der Waals surface area contributed by atoms with Gasteiger partial charge in [-0.15, -0.1) is 0 Å². The molecule has 0 saturated carbocycles. The number of benzene rings is 2. The van der Waals surface area contributed by atoms with Gasteiger partial charge in [0.1, 0.15) is 24.5 Å². The highest BCUT2D eigenvalue weighted by Gasteiger charge is 2.36. The molecule has 3 rings (SSSR count). The van der Waals surface area contributed by atoms with Crippen molar-refractivity contribution in [2.24, 2.45) is 0 Å². The fraction of sp³-hybridized carbons (Fsp3) is 0.536. The molecule has 1 aliphatic heterocycles. The van der Waals surface area contributed by atoms with Crippen LogP contribution in [0.5, 0.6) is 0 Å². The SMILES string of the molecule is [BH3-]CC1=[N+](c2c(C(C)C)cccc2C(C)C)CCN1c1c(C(C)C)cccc1C(C)C. The van der Waals surface area contributed by atoms with Crippen LogP contribution in [0.4, 0.5) is 11.4 Å². The van der Waals surface area contributed by atoms with Gasteiger partial charge in [-0.05, 0) is 31.5 Å². The Morgan fingerprint density at radius 3 is 1.55 bits per heavy atom. The molecular formula is C28H43BN2. The molecule has 31 heavy (non-hydrogen) atoms. The second-order valence-corrected chi connectivity index (χ2v) is 9.91. The minimum Gasteiger partial charge on any atom is -0.229 e. The number of hydrogen-bond acceptors (Lipinski definition) is 1. The van der Waals surface area contributed by atoms with E-state index in [-0.39, 0.29) is 7.85 Å². The zero-order valence-corrected chi connectivity index (χ0v) is 20.3. The van der Waals surface area contributed by atoms with E-state index < -0.39 is 0 Å². The first-order valence-electron chi connectivity index (χ1n) is 11.6. The summed E-state index contributed by atoms with van der Waals surface area (Å²) in [6.45, 7) is 20.9. The number of hydrogen-bond donors (Lipinski definition) is 0. The Labute approximate surface area is 191 Å². The van der Waals surface area contributed by atoms with Gasteiger partial charge in [0.15, 0.2) is 0 Å². The molecule has 1 heterocycles. The lowest BCUT2D eigenvalue weighted by atomic mass is 9.91. The van der Waals surface area contributed by atoms with E-state index in [1.807, 2.05) is 0 Å².